The number of anilines is 1. The van der Waals surface area contributed by atoms with Crippen LogP contribution in [0.2, 0.25) is 5.02 Å². The lowest BCUT2D eigenvalue weighted by atomic mass is 10.1. The number of halogens is 1. The number of urea groups is 1. The van der Waals surface area contributed by atoms with Gasteiger partial charge in [0.15, 0.2) is 0 Å². The van der Waals surface area contributed by atoms with Gasteiger partial charge >= 0.3 is 6.03 Å². The van der Waals surface area contributed by atoms with Crippen LogP contribution in [0.1, 0.15) is 12.5 Å². The highest BCUT2D eigenvalue weighted by Crippen LogP contribution is 2.28. The van der Waals surface area contributed by atoms with E-state index in [0.29, 0.717) is 17.3 Å². The average Bonchev–Trinajstić information content (AvgIpc) is 2.24. The molecule has 0 saturated carbocycles. The number of nitrogens with one attached hydrogen (secondary N) is 1. The molecule has 1 heterocycles. The third-order valence-electron chi connectivity index (χ3n) is 2.77. The Morgan fingerprint density at radius 2 is 2.12 bits per heavy atom. The molecule has 0 spiro atoms. The fraction of sp³-hybridized carbons (Fsp3) is 0.333. The van der Waals surface area contributed by atoms with Gasteiger partial charge in [-0.3, -0.25) is 15.0 Å². The van der Waals surface area contributed by atoms with E-state index in [4.69, 9.17) is 11.6 Å². The quantitative estimate of drug-likeness (QED) is 0.834. The van der Waals surface area contributed by atoms with Gasteiger partial charge in [0.05, 0.1) is 16.6 Å². The van der Waals surface area contributed by atoms with Crippen LogP contribution in [0.4, 0.5) is 10.5 Å². The number of rotatable bonds is 1. The Kier molecular flexibility index (Phi) is 3.07. The van der Waals surface area contributed by atoms with E-state index >= 15 is 0 Å². The van der Waals surface area contributed by atoms with Crippen LogP contribution in [-0.2, 0) is 4.79 Å². The average molecular weight is 253 g/mol. The lowest BCUT2D eigenvalue weighted by Crippen LogP contribution is -2.54. The lowest BCUT2D eigenvalue weighted by Gasteiger charge is -2.30. The normalized spacial score (nSPS) is 20.4. The molecule has 0 bridgehead atoms. The summed E-state index contributed by atoms with van der Waals surface area (Å²) in [5.74, 6) is -0.473. The van der Waals surface area contributed by atoms with Crippen molar-refractivity contribution in [2.24, 2.45) is 5.92 Å². The fourth-order valence-corrected chi connectivity index (χ4v) is 2.11. The number of amides is 3. The predicted octanol–water partition coefficient (Wildman–Crippen LogP) is 2.34. The van der Waals surface area contributed by atoms with E-state index in [1.54, 1.807) is 19.1 Å². The Morgan fingerprint density at radius 3 is 2.76 bits per heavy atom. The molecule has 1 aromatic carbocycles. The Morgan fingerprint density at radius 1 is 1.41 bits per heavy atom. The van der Waals surface area contributed by atoms with Gasteiger partial charge in [-0.2, -0.15) is 0 Å². The first-order chi connectivity index (χ1) is 7.99. The molecule has 0 aromatic heterocycles. The minimum absolute atomic E-state index is 0.231. The Balaban J connectivity index is 2.33. The SMILES string of the molecule is Cc1ccc(N2CC(C)C(=O)NC2=O)c(Cl)c1. The summed E-state index contributed by atoms with van der Waals surface area (Å²) in [6, 6.07) is 5.06. The highest BCUT2D eigenvalue weighted by molar-refractivity contribution is 6.34. The third kappa shape index (κ3) is 2.26. The monoisotopic (exact) mass is 252 g/mol. The number of imide groups is 1. The fourth-order valence-electron chi connectivity index (χ4n) is 1.77. The molecule has 2 rings (SSSR count). The van der Waals surface area contributed by atoms with Crippen LogP contribution < -0.4 is 10.2 Å². The molecule has 0 radical (unpaired) electrons. The number of aryl methyl sites for hydroxylation is 1. The van der Waals surface area contributed by atoms with Gasteiger partial charge in [0.2, 0.25) is 5.91 Å². The molecule has 1 aromatic rings. The summed E-state index contributed by atoms with van der Waals surface area (Å²) < 4.78 is 0. The van der Waals surface area contributed by atoms with E-state index in [-0.39, 0.29) is 11.8 Å². The molecule has 5 heteroatoms. The van der Waals surface area contributed by atoms with Gasteiger partial charge in [0.1, 0.15) is 0 Å². The molecule has 1 unspecified atom stereocenters. The van der Waals surface area contributed by atoms with E-state index in [1.807, 2.05) is 13.0 Å². The van der Waals surface area contributed by atoms with Crippen molar-refractivity contribution >= 4 is 29.2 Å². The summed E-state index contributed by atoms with van der Waals surface area (Å²) >= 11 is 6.11. The van der Waals surface area contributed by atoms with Crippen molar-refractivity contribution in [1.29, 1.82) is 0 Å². The summed E-state index contributed by atoms with van der Waals surface area (Å²) in [6.07, 6.45) is 0. The van der Waals surface area contributed by atoms with E-state index < -0.39 is 6.03 Å². The molecule has 90 valence electrons. The number of hydrogen-bond donors (Lipinski definition) is 1. The van der Waals surface area contributed by atoms with Crippen molar-refractivity contribution < 1.29 is 9.59 Å². The molecule has 1 aliphatic rings. The van der Waals surface area contributed by atoms with Crippen LogP contribution in [0.25, 0.3) is 0 Å². The van der Waals surface area contributed by atoms with Crippen molar-refractivity contribution in [2.45, 2.75) is 13.8 Å². The van der Waals surface area contributed by atoms with Crippen LogP contribution in [0.3, 0.4) is 0 Å². The van der Waals surface area contributed by atoms with Crippen LogP contribution >= 0.6 is 11.6 Å². The van der Waals surface area contributed by atoms with Crippen molar-refractivity contribution in [3.63, 3.8) is 0 Å². The maximum absolute atomic E-state index is 11.7. The summed E-state index contributed by atoms with van der Waals surface area (Å²) in [5.41, 5.74) is 1.66. The van der Waals surface area contributed by atoms with Gasteiger partial charge in [-0.1, -0.05) is 24.6 Å². The van der Waals surface area contributed by atoms with Gasteiger partial charge in [-0.15, -0.1) is 0 Å². The Bertz CT molecular complexity index is 487. The smallest absolute Gasteiger partial charge is 0.292 e. The second-order valence-electron chi connectivity index (χ2n) is 4.26. The van der Waals surface area contributed by atoms with Crippen molar-refractivity contribution in [3.8, 4) is 0 Å². The van der Waals surface area contributed by atoms with Gasteiger partial charge in [0.25, 0.3) is 0 Å². The molecule has 4 nitrogen and oxygen atoms in total. The molecule has 0 aliphatic carbocycles. The standard InChI is InChI=1S/C12H13ClN2O2/c1-7-3-4-10(9(13)5-7)15-6-8(2)11(16)14-12(15)17/h3-5,8H,6H2,1-2H3,(H,14,16,17). The molecule has 17 heavy (non-hydrogen) atoms. The summed E-state index contributed by atoms with van der Waals surface area (Å²) in [4.78, 5) is 24.5. The number of carbonyl (C=O) groups is 2. The minimum Gasteiger partial charge on any atom is -0.292 e. The Labute approximate surface area is 105 Å². The largest absolute Gasteiger partial charge is 0.328 e. The second kappa shape index (κ2) is 4.37. The van der Waals surface area contributed by atoms with Crippen LogP contribution in [0.15, 0.2) is 18.2 Å². The number of hydrogen-bond acceptors (Lipinski definition) is 2. The molecule has 1 aliphatic heterocycles. The third-order valence-corrected chi connectivity index (χ3v) is 3.08. The molecule has 1 fully saturated rings. The van der Waals surface area contributed by atoms with E-state index in [2.05, 4.69) is 5.32 Å². The maximum Gasteiger partial charge on any atom is 0.328 e. The zero-order chi connectivity index (χ0) is 12.6. The van der Waals surface area contributed by atoms with E-state index in [9.17, 15) is 9.59 Å². The molecule has 1 atom stereocenters. The summed E-state index contributed by atoms with van der Waals surface area (Å²) in [7, 11) is 0. The van der Waals surface area contributed by atoms with E-state index in [1.165, 1.54) is 4.90 Å². The molecule has 1 N–H and O–H groups in total. The minimum atomic E-state index is -0.418. The van der Waals surface area contributed by atoms with Crippen LogP contribution in [0.5, 0.6) is 0 Å². The lowest BCUT2D eigenvalue weighted by molar-refractivity contribution is -0.123. The first-order valence-electron chi connectivity index (χ1n) is 5.37. The zero-order valence-electron chi connectivity index (χ0n) is 9.66. The molecular formula is C12H13ClN2O2. The first-order valence-corrected chi connectivity index (χ1v) is 5.75. The van der Waals surface area contributed by atoms with Crippen molar-refractivity contribution in [3.05, 3.63) is 28.8 Å². The molecule has 3 amide bonds. The number of carbonyl (C=O) groups excluding carboxylic acids is 2. The predicted molar refractivity (Wildman–Crippen MR) is 66.2 cm³/mol. The van der Waals surface area contributed by atoms with Crippen LogP contribution in [0, 0.1) is 12.8 Å². The Hall–Kier alpha value is -1.55. The second-order valence-corrected chi connectivity index (χ2v) is 4.67. The van der Waals surface area contributed by atoms with Crippen molar-refractivity contribution in [1.82, 2.24) is 5.32 Å². The van der Waals surface area contributed by atoms with Gasteiger partial charge in [-0.05, 0) is 24.6 Å². The zero-order valence-corrected chi connectivity index (χ0v) is 10.4. The summed E-state index contributed by atoms with van der Waals surface area (Å²) in [5, 5.41) is 2.82. The van der Waals surface area contributed by atoms with Crippen LogP contribution in [-0.4, -0.2) is 18.5 Å². The molecular weight excluding hydrogens is 240 g/mol. The first kappa shape index (κ1) is 11.9. The van der Waals surface area contributed by atoms with Crippen molar-refractivity contribution in [2.75, 3.05) is 11.4 Å². The maximum atomic E-state index is 11.7. The number of benzene rings is 1. The summed E-state index contributed by atoms with van der Waals surface area (Å²) in [6.45, 7) is 4.06. The van der Waals surface area contributed by atoms with Gasteiger partial charge < -0.3 is 0 Å². The topological polar surface area (TPSA) is 49.4 Å². The van der Waals surface area contributed by atoms with Gasteiger partial charge in [0, 0.05) is 6.54 Å². The molecule has 1 saturated heterocycles. The number of nitrogens with zero attached hydrogens (tertiary/aromatic N) is 1. The van der Waals surface area contributed by atoms with E-state index in [0.717, 1.165) is 5.56 Å². The highest BCUT2D eigenvalue weighted by atomic mass is 35.5. The highest BCUT2D eigenvalue weighted by Gasteiger charge is 2.30. The van der Waals surface area contributed by atoms with Gasteiger partial charge in [-0.25, -0.2) is 4.79 Å².